The zero-order chi connectivity index (χ0) is 19.2. The van der Waals surface area contributed by atoms with Crippen LogP contribution in [-0.2, 0) is 14.8 Å². The van der Waals surface area contributed by atoms with Crippen LogP contribution in [0.25, 0.3) is 0 Å². The van der Waals surface area contributed by atoms with Crippen molar-refractivity contribution in [3.8, 4) is 0 Å². The number of rotatable bonds is 8. The van der Waals surface area contributed by atoms with Crippen LogP contribution < -0.4 is 9.62 Å². The average Bonchev–Trinajstić information content (AvgIpc) is 2.58. The molecule has 8 heteroatoms. The first-order valence-electron chi connectivity index (χ1n) is 7.99. The highest BCUT2D eigenvalue weighted by molar-refractivity contribution is 7.99. The van der Waals surface area contributed by atoms with Gasteiger partial charge in [0.15, 0.2) is 0 Å². The fourth-order valence-corrected chi connectivity index (χ4v) is 4.39. The van der Waals surface area contributed by atoms with E-state index in [2.05, 4.69) is 5.32 Å². The van der Waals surface area contributed by atoms with E-state index in [9.17, 15) is 17.6 Å². The number of sulfonamides is 1. The number of thioether (sulfide) groups is 1. The molecule has 1 amide bonds. The van der Waals surface area contributed by atoms with E-state index in [-0.39, 0.29) is 5.69 Å². The Labute approximate surface area is 157 Å². The molecule has 2 aromatic rings. The normalized spacial score (nSPS) is 12.4. The zero-order valence-electron chi connectivity index (χ0n) is 14.6. The molecule has 1 atom stereocenters. The second-order valence-electron chi connectivity index (χ2n) is 5.67. The van der Waals surface area contributed by atoms with Gasteiger partial charge < -0.3 is 5.32 Å². The molecular formula is C18H21FN2O3S2. The lowest BCUT2D eigenvalue weighted by molar-refractivity contribution is -0.121. The third-order valence-corrected chi connectivity index (χ3v) is 5.82. The van der Waals surface area contributed by atoms with Crippen LogP contribution >= 0.6 is 11.8 Å². The quantitative estimate of drug-likeness (QED) is 0.550. The Morgan fingerprint density at radius 3 is 2.50 bits per heavy atom. The molecule has 0 spiro atoms. The Kier molecular flexibility index (Phi) is 7.05. The summed E-state index contributed by atoms with van der Waals surface area (Å²) in [4.78, 5) is 13.5. The van der Waals surface area contributed by atoms with E-state index in [4.69, 9.17) is 0 Å². The first kappa shape index (κ1) is 20.3. The Morgan fingerprint density at radius 2 is 1.88 bits per heavy atom. The SMILES string of the molecule is C[C@@H](C(=O)NCCSc1ccccc1)N(c1cccc(F)c1)S(C)(=O)=O. The molecule has 0 aromatic heterocycles. The first-order chi connectivity index (χ1) is 12.3. The maximum Gasteiger partial charge on any atom is 0.243 e. The topological polar surface area (TPSA) is 66.5 Å². The summed E-state index contributed by atoms with van der Waals surface area (Å²) in [5.74, 6) is -0.349. The van der Waals surface area contributed by atoms with E-state index in [1.54, 1.807) is 11.8 Å². The minimum absolute atomic E-state index is 0.119. The average molecular weight is 397 g/mol. The molecule has 0 heterocycles. The first-order valence-corrected chi connectivity index (χ1v) is 10.8. The van der Waals surface area contributed by atoms with Crippen LogP contribution in [0.5, 0.6) is 0 Å². The van der Waals surface area contributed by atoms with Crippen molar-refractivity contribution in [1.29, 1.82) is 0 Å². The molecule has 140 valence electrons. The number of nitrogens with zero attached hydrogens (tertiary/aromatic N) is 1. The minimum Gasteiger partial charge on any atom is -0.353 e. The number of carbonyl (C=O) groups is 1. The van der Waals surface area contributed by atoms with Gasteiger partial charge in [0.1, 0.15) is 11.9 Å². The molecule has 5 nitrogen and oxygen atoms in total. The molecule has 0 unspecified atom stereocenters. The molecule has 0 aliphatic heterocycles. The van der Waals surface area contributed by atoms with E-state index >= 15 is 0 Å². The van der Waals surface area contributed by atoms with Gasteiger partial charge in [-0.2, -0.15) is 0 Å². The summed E-state index contributed by atoms with van der Waals surface area (Å²) in [6.07, 6.45) is 0.993. The molecule has 0 saturated heterocycles. The molecule has 2 aromatic carbocycles. The van der Waals surface area contributed by atoms with Crippen molar-refractivity contribution < 1.29 is 17.6 Å². The van der Waals surface area contributed by atoms with Gasteiger partial charge in [-0.3, -0.25) is 9.10 Å². The predicted molar refractivity (Wildman–Crippen MR) is 103 cm³/mol. The predicted octanol–water partition coefficient (Wildman–Crippen LogP) is 2.89. The van der Waals surface area contributed by atoms with E-state index in [0.717, 1.165) is 21.5 Å². The molecule has 2 rings (SSSR count). The van der Waals surface area contributed by atoms with Gasteiger partial charge in [-0.15, -0.1) is 11.8 Å². The summed E-state index contributed by atoms with van der Waals surface area (Å²) in [6.45, 7) is 1.87. The van der Waals surface area contributed by atoms with Crippen molar-refractivity contribution in [2.75, 3.05) is 22.9 Å². The van der Waals surface area contributed by atoms with Gasteiger partial charge in [-0.1, -0.05) is 24.3 Å². The summed E-state index contributed by atoms with van der Waals surface area (Å²) in [5, 5.41) is 2.73. The highest BCUT2D eigenvalue weighted by Crippen LogP contribution is 2.22. The second-order valence-corrected chi connectivity index (χ2v) is 8.69. The number of nitrogens with one attached hydrogen (secondary N) is 1. The van der Waals surface area contributed by atoms with Crippen molar-refractivity contribution >= 4 is 33.4 Å². The third-order valence-electron chi connectivity index (χ3n) is 3.56. The number of hydrogen-bond acceptors (Lipinski definition) is 4. The molecule has 0 aliphatic carbocycles. The fourth-order valence-electron chi connectivity index (χ4n) is 2.43. The van der Waals surface area contributed by atoms with Crippen molar-refractivity contribution in [3.63, 3.8) is 0 Å². The van der Waals surface area contributed by atoms with E-state index in [0.29, 0.717) is 12.3 Å². The van der Waals surface area contributed by atoms with Crippen LogP contribution in [-0.4, -0.2) is 38.9 Å². The molecule has 0 bridgehead atoms. The van der Waals surface area contributed by atoms with Gasteiger partial charge in [0, 0.05) is 17.2 Å². The lowest BCUT2D eigenvalue weighted by Gasteiger charge is -2.28. The number of anilines is 1. The fraction of sp³-hybridized carbons (Fsp3) is 0.278. The molecular weight excluding hydrogens is 375 g/mol. The summed E-state index contributed by atoms with van der Waals surface area (Å²) in [7, 11) is -3.75. The van der Waals surface area contributed by atoms with Crippen LogP contribution in [0.15, 0.2) is 59.5 Å². The maximum absolute atomic E-state index is 13.5. The van der Waals surface area contributed by atoms with Gasteiger partial charge in [0.05, 0.1) is 11.9 Å². The number of amides is 1. The lowest BCUT2D eigenvalue weighted by Crippen LogP contribution is -2.48. The summed E-state index contributed by atoms with van der Waals surface area (Å²) in [6, 6.07) is 13.9. The van der Waals surface area contributed by atoms with Gasteiger partial charge in [0.2, 0.25) is 15.9 Å². The van der Waals surface area contributed by atoms with Crippen molar-refractivity contribution in [2.24, 2.45) is 0 Å². The highest BCUT2D eigenvalue weighted by Gasteiger charge is 2.29. The van der Waals surface area contributed by atoms with E-state index in [1.165, 1.54) is 25.1 Å². The van der Waals surface area contributed by atoms with Gasteiger partial charge >= 0.3 is 0 Å². The van der Waals surface area contributed by atoms with Gasteiger partial charge in [0.25, 0.3) is 0 Å². The summed E-state index contributed by atoms with van der Waals surface area (Å²) in [5.41, 5.74) is 0.119. The third kappa shape index (κ3) is 5.74. The Bertz CT molecular complexity index is 845. The van der Waals surface area contributed by atoms with E-state index in [1.807, 2.05) is 30.3 Å². The van der Waals surface area contributed by atoms with Crippen molar-refractivity contribution in [2.45, 2.75) is 17.9 Å². The smallest absolute Gasteiger partial charge is 0.243 e. The monoisotopic (exact) mass is 396 g/mol. The number of halogens is 1. The van der Waals surface area contributed by atoms with Crippen LogP contribution in [0.1, 0.15) is 6.92 Å². The molecule has 0 saturated carbocycles. The standard InChI is InChI=1S/C18H21FN2O3S2/c1-14(18(22)20-11-12-25-17-9-4-3-5-10-17)21(26(2,23)24)16-8-6-7-15(19)13-16/h3-10,13-14H,11-12H2,1-2H3,(H,20,22)/t14-/m0/s1. The molecule has 1 N–H and O–H groups in total. The highest BCUT2D eigenvalue weighted by atomic mass is 32.2. The minimum atomic E-state index is -3.75. The summed E-state index contributed by atoms with van der Waals surface area (Å²) < 4.78 is 38.6. The number of benzene rings is 2. The summed E-state index contributed by atoms with van der Waals surface area (Å²) >= 11 is 1.59. The van der Waals surface area contributed by atoms with Crippen LogP contribution in [0, 0.1) is 5.82 Å². The zero-order valence-corrected chi connectivity index (χ0v) is 16.2. The molecule has 0 aliphatic rings. The Hall–Kier alpha value is -2.06. The lowest BCUT2D eigenvalue weighted by atomic mass is 10.2. The Balaban J connectivity index is 1.99. The van der Waals surface area contributed by atoms with E-state index < -0.39 is 27.8 Å². The molecule has 0 radical (unpaired) electrons. The van der Waals surface area contributed by atoms with Crippen molar-refractivity contribution in [1.82, 2.24) is 5.32 Å². The molecule has 26 heavy (non-hydrogen) atoms. The number of hydrogen-bond donors (Lipinski definition) is 1. The molecule has 0 fully saturated rings. The number of carbonyl (C=O) groups excluding carboxylic acids is 1. The van der Waals surface area contributed by atoms with Crippen LogP contribution in [0.3, 0.4) is 0 Å². The van der Waals surface area contributed by atoms with Crippen molar-refractivity contribution in [3.05, 3.63) is 60.4 Å². The Morgan fingerprint density at radius 1 is 1.19 bits per heavy atom. The van der Waals surface area contributed by atoms with Gasteiger partial charge in [-0.25, -0.2) is 12.8 Å². The van der Waals surface area contributed by atoms with Crippen LogP contribution in [0.4, 0.5) is 10.1 Å². The second kappa shape index (κ2) is 9.05. The van der Waals surface area contributed by atoms with Gasteiger partial charge in [-0.05, 0) is 37.3 Å². The maximum atomic E-state index is 13.5. The van der Waals surface area contributed by atoms with Crippen LogP contribution in [0.2, 0.25) is 0 Å². The largest absolute Gasteiger partial charge is 0.353 e.